The fourth-order valence-electron chi connectivity index (χ4n) is 2.47. The smallest absolute Gasteiger partial charge is 0.310 e. The number of rotatable bonds is 2. The van der Waals surface area contributed by atoms with E-state index in [-0.39, 0.29) is 11.9 Å². The summed E-state index contributed by atoms with van der Waals surface area (Å²) in [6.07, 6.45) is 1.48. The van der Waals surface area contributed by atoms with Crippen molar-refractivity contribution in [2.45, 2.75) is 19.4 Å². The Morgan fingerprint density at radius 3 is 3.10 bits per heavy atom. The van der Waals surface area contributed by atoms with E-state index in [0.717, 1.165) is 24.2 Å². The number of fused-ring (bicyclic) bond motifs is 1. The molecule has 20 heavy (non-hydrogen) atoms. The fraction of sp³-hybridized carbons (Fsp3) is 0.357. The lowest BCUT2D eigenvalue weighted by Gasteiger charge is -2.19. The highest BCUT2D eigenvalue weighted by Gasteiger charge is 2.27. The number of benzene rings is 1. The molecule has 0 spiro atoms. The van der Waals surface area contributed by atoms with Gasteiger partial charge in [-0.05, 0) is 18.6 Å². The van der Waals surface area contributed by atoms with Gasteiger partial charge in [0.25, 0.3) is 0 Å². The molecule has 2 heterocycles. The number of esters is 1. The van der Waals surface area contributed by atoms with Gasteiger partial charge >= 0.3 is 5.97 Å². The van der Waals surface area contributed by atoms with Crippen LogP contribution in [0.25, 0.3) is 11.4 Å². The molecule has 0 aliphatic carbocycles. The van der Waals surface area contributed by atoms with Crippen molar-refractivity contribution in [3.8, 4) is 11.4 Å². The highest BCUT2D eigenvalue weighted by molar-refractivity contribution is 5.72. The molecule has 0 fully saturated rings. The largest absolute Gasteiger partial charge is 0.469 e. The van der Waals surface area contributed by atoms with Gasteiger partial charge in [-0.25, -0.2) is 9.67 Å². The van der Waals surface area contributed by atoms with E-state index in [0.29, 0.717) is 18.1 Å². The summed E-state index contributed by atoms with van der Waals surface area (Å²) in [4.78, 5) is 16.1. The van der Waals surface area contributed by atoms with E-state index in [4.69, 9.17) is 10.5 Å². The molecule has 1 aromatic heterocycles. The minimum atomic E-state index is -0.184. The number of ether oxygens (including phenoxy) is 1. The van der Waals surface area contributed by atoms with Gasteiger partial charge < -0.3 is 10.5 Å². The van der Waals surface area contributed by atoms with Crippen LogP contribution < -0.4 is 5.73 Å². The van der Waals surface area contributed by atoms with E-state index in [9.17, 15) is 4.79 Å². The predicted octanol–water partition coefficient (Wildman–Crippen LogP) is 1.26. The number of methoxy groups -OCH3 is 1. The Morgan fingerprint density at radius 2 is 2.35 bits per heavy atom. The molecule has 2 aromatic rings. The molecule has 0 radical (unpaired) electrons. The molecule has 0 saturated heterocycles. The minimum absolute atomic E-state index is 0.136. The molecule has 1 aromatic carbocycles. The third-order valence-corrected chi connectivity index (χ3v) is 3.54. The number of carbonyl (C=O) groups excluding carboxylic acids is 1. The Labute approximate surface area is 116 Å². The number of hydrogen-bond donors (Lipinski definition) is 1. The van der Waals surface area contributed by atoms with E-state index in [2.05, 4.69) is 10.1 Å². The summed E-state index contributed by atoms with van der Waals surface area (Å²) < 4.78 is 6.59. The molecule has 2 N–H and O–H groups in total. The summed E-state index contributed by atoms with van der Waals surface area (Å²) in [5, 5.41) is 4.47. The zero-order valence-electron chi connectivity index (χ0n) is 11.2. The Balaban J connectivity index is 1.89. The number of carbonyl (C=O) groups is 1. The molecule has 1 atom stereocenters. The average molecular weight is 272 g/mol. The maximum absolute atomic E-state index is 11.6. The molecule has 0 saturated carbocycles. The number of nitrogens with zero attached hydrogens (tertiary/aromatic N) is 3. The average Bonchev–Trinajstić information content (AvgIpc) is 2.89. The molecule has 1 aliphatic rings. The Morgan fingerprint density at radius 1 is 1.50 bits per heavy atom. The molecule has 0 amide bonds. The van der Waals surface area contributed by atoms with Gasteiger partial charge in [0.1, 0.15) is 5.82 Å². The highest BCUT2D eigenvalue weighted by atomic mass is 16.5. The summed E-state index contributed by atoms with van der Waals surface area (Å²) in [6.45, 7) is 0.525. The third kappa shape index (κ3) is 2.24. The van der Waals surface area contributed by atoms with E-state index in [1.165, 1.54) is 7.11 Å². The second-order valence-corrected chi connectivity index (χ2v) is 4.92. The van der Waals surface area contributed by atoms with Crippen molar-refractivity contribution in [1.82, 2.24) is 14.8 Å². The molecule has 1 unspecified atom stereocenters. The summed E-state index contributed by atoms with van der Waals surface area (Å²) in [7, 11) is 1.41. The van der Waals surface area contributed by atoms with Crippen LogP contribution in [0.4, 0.5) is 5.69 Å². The monoisotopic (exact) mass is 272 g/mol. The van der Waals surface area contributed by atoms with Crippen molar-refractivity contribution in [1.29, 1.82) is 0 Å². The quantitative estimate of drug-likeness (QED) is 0.657. The Bertz CT molecular complexity index is 650. The number of aromatic nitrogens is 3. The molecule has 6 nitrogen and oxygen atoms in total. The zero-order valence-corrected chi connectivity index (χ0v) is 11.2. The molecule has 0 bridgehead atoms. The van der Waals surface area contributed by atoms with Crippen molar-refractivity contribution in [2.24, 2.45) is 5.92 Å². The lowest BCUT2D eigenvalue weighted by Crippen LogP contribution is -2.28. The van der Waals surface area contributed by atoms with Crippen LogP contribution in [0.2, 0.25) is 0 Å². The van der Waals surface area contributed by atoms with E-state index >= 15 is 0 Å². The van der Waals surface area contributed by atoms with Crippen LogP contribution in [-0.2, 0) is 22.5 Å². The normalized spacial score (nSPS) is 17.6. The minimum Gasteiger partial charge on any atom is -0.469 e. The van der Waals surface area contributed by atoms with Gasteiger partial charge in [0, 0.05) is 17.7 Å². The second-order valence-electron chi connectivity index (χ2n) is 4.92. The van der Waals surface area contributed by atoms with E-state index in [1.807, 2.05) is 24.3 Å². The Hall–Kier alpha value is -2.37. The predicted molar refractivity (Wildman–Crippen MR) is 73.7 cm³/mol. The molecular formula is C14H16N4O2. The van der Waals surface area contributed by atoms with Crippen LogP contribution in [0.1, 0.15) is 12.2 Å². The maximum atomic E-state index is 11.6. The fourth-order valence-corrected chi connectivity index (χ4v) is 2.47. The van der Waals surface area contributed by atoms with Gasteiger partial charge in [-0.1, -0.05) is 12.1 Å². The van der Waals surface area contributed by atoms with Gasteiger partial charge in [-0.3, -0.25) is 4.79 Å². The van der Waals surface area contributed by atoms with Gasteiger partial charge in [-0.15, -0.1) is 0 Å². The third-order valence-electron chi connectivity index (χ3n) is 3.54. The number of hydrogen-bond acceptors (Lipinski definition) is 5. The van der Waals surface area contributed by atoms with Crippen LogP contribution in [0.5, 0.6) is 0 Å². The van der Waals surface area contributed by atoms with Gasteiger partial charge in [0.15, 0.2) is 5.82 Å². The summed E-state index contributed by atoms with van der Waals surface area (Å²) >= 11 is 0. The first-order chi connectivity index (χ1) is 9.67. The first-order valence-electron chi connectivity index (χ1n) is 6.55. The van der Waals surface area contributed by atoms with Crippen LogP contribution in [0, 0.1) is 5.92 Å². The number of anilines is 1. The van der Waals surface area contributed by atoms with Crippen LogP contribution in [0.15, 0.2) is 24.3 Å². The van der Waals surface area contributed by atoms with Crippen molar-refractivity contribution < 1.29 is 9.53 Å². The van der Waals surface area contributed by atoms with Gasteiger partial charge in [0.05, 0.1) is 19.6 Å². The lowest BCUT2D eigenvalue weighted by molar-refractivity contribution is -0.146. The molecule has 3 rings (SSSR count). The maximum Gasteiger partial charge on any atom is 0.310 e. The molecular weight excluding hydrogens is 256 g/mol. The topological polar surface area (TPSA) is 83.0 Å². The zero-order chi connectivity index (χ0) is 14.1. The Kier molecular flexibility index (Phi) is 3.14. The van der Waals surface area contributed by atoms with Gasteiger partial charge in [0.2, 0.25) is 0 Å². The summed E-state index contributed by atoms with van der Waals surface area (Å²) in [6, 6.07) is 7.48. The van der Waals surface area contributed by atoms with Crippen molar-refractivity contribution >= 4 is 11.7 Å². The standard InChI is InChI=1S/C14H16N4O2/c1-20-14(19)10-5-6-12-16-13(17-18(12)8-10)9-3-2-4-11(15)7-9/h2-4,7,10H,5-6,8,15H2,1H3. The molecule has 104 valence electrons. The molecule has 1 aliphatic heterocycles. The SMILES string of the molecule is COC(=O)C1CCc2nc(-c3cccc(N)c3)nn2C1. The van der Waals surface area contributed by atoms with Crippen molar-refractivity contribution in [2.75, 3.05) is 12.8 Å². The van der Waals surface area contributed by atoms with E-state index < -0.39 is 0 Å². The number of nitrogens with two attached hydrogens (primary N) is 1. The number of aryl methyl sites for hydroxylation is 1. The first-order valence-corrected chi connectivity index (χ1v) is 6.55. The highest BCUT2D eigenvalue weighted by Crippen LogP contribution is 2.24. The van der Waals surface area contributed by atoms with Crippen LogP contribution in [-0.4, -0.2) is 27.8 Å². The van der Waals surface area contributed by atoms with Crippen LogP contribution in [0.3, 0.4) is 0 Å². The summed E-state index contributed by atoms with van der Waals surface area (Å²) in [5.74, 6) is 1.24. The van der Waals surface area contributed by atoms with Crippen molar-refractivity contribution in [3.63, 3.8) is 0 Å². The summed E-state index contributed by atoms with van der Waals surface area (Å²) in [5.41, 5.74) is 7.35. The van der Waals surface area contributed by atoms with Crippen LogP contribution >= 0.6 is 0 Å². The van der Waals surface area contributed by atoms with E-state index in [1.54, 1.807) is 4.68 Å². The second kappa shape index (κ2) is 4.96. The van der Waals surface area contributed by atoms with Gasteiger partial charge in [-0.2, -0.15) is 5.10 Å². The lowest BCUT2D eigenvalue weighted by atomic mass is 10.0. The number of nitrogen functional groups attached to an aromatic ring is 1. The molecule has 6 heteroatoms. The van der Waals surface area contributed by atoms with Crippen molar-refractivity contribution in [3.05, 3.63) is 30.1 Å². The first kappa shape index (κ1) is 12.7.